The van der Waals surface area contributed by atoms with Crippen LogP contribution >= 0.6 is 45.2 Å². The van der Waals surface area contributed by atoms with Crippen molar-refractivity contribution < 1.29 is 0 Å². The van der Waals surface area contributed by atoms with Crippen LogP contribution in [0.3, 0.4) is 0 Å². The number of hydrogen-bond donors (Lipinski definition) is 3. The third-order valence-corrected chi connectivity index (χ3v) is 5.40. The maximum absolute atomic E-state index is 5.47. The van der Waals surface area contributed by atoms with E-state index in [2.05, 4.69) is 76.0 Å². The van der Waals surface area contributed by atoms with Crippen LogP contribution in [-0.2, 0) is 14.1 Å². The van der Waals surface area contributed by atoms with Gasteiger partial charge in [0, 0.05) is 32.6 Å². The molecule has 2 aromatic carbocycles. The fourth-order valence-electron chi connectivity index (χ4n) is 2.35. The van der Waals surface area contributed by atoms with E-state index in [1.54, 1.807) is 16.4 Å². The van der Waals surface area contributed by atoms with E-state index in [1.165, 1.54) is 7.14 Å². The first-order valence-electron chi connectivity index (χ1n) is 8.89. The van der Waals surface area contributed by atoms with Gasteiger partial charge in [0.25, 0.3) is 0 Å². The van der Waals surface area contributed by atoms with Crippen molar-refractivity contribution >= 4 is 74.4 Å². The average molecular weight is 629 g/mol. The van der Waals surface area contributed by atoms with Gasteiger partial charge in [0.1, 0.15) is 5.82 Å². The van der Waals surface area contributed by atoms with Gasteiger partial charge in [-0.3, -0.25) is 4.68 Å². The Balaban J connectivity index is 0.000000171. The highest BCUT2D eigenvalue weighted by Crippen LogP contribution is 2.16. The van der Waals surface area contributed by atoms with E-state index in [0.29, 0.717) is 11.9 Å². The summed E-state index contributed by atoms with van der Waals surface area (Å²) in [6, 6.07) is 16.1. The monoisotopic (exact) mass is 629 g/mol. The van der Waals surface area contributed by atoms with Crippen LogP contribution in [0.5, 0.6) is 0 Å². The van der Waals surface area contributed by atoms with Crippen LogP contribution in [0.4, 0.5) is 29.2 Å². The molecule has 0 aliphatic rings. The number of aryl methyl sites for hydroxylation is 3. The largest absolute Gasteiger partial charge is 0.366 e. The van der Waals surface area contributed by atoms with E-state index in [4.69, 9.17) is 5.73 Å². The number of benzene rings is 2. The van der Waals surface area contributed by atoms with Gasteiger partial charge in [0.2, 0.25) is 17.8 Å². The summed E-state index contributed by atoms with van der Waals surface area (Å²) in [4.78, 5) is 8.31. The van der Waals surface area contributed by atoms with Gasteiger partial charge >= 0.3 is 0 Å². The molecule has 30 heavy (non-hydrogen) atoms. The van der Waals surface area contributed by atoms with Gasteiger partial charge < -0.3 is 16.4 Å². The van der Waals surface area contributed by atoms with Crippen LogP contribution in [0, 0.1) is 14.1 Å². The zero-order chi connectivity index (χ0) is 21.7. The second-order valence-electron chi connectivity index (χ2n) is 6.29. The zero-order valence-corrected chi connectivity index (χ0v) is 21.0. The summed E-state index contributed by atoms with van der Waals surface area (Å²) in [5.41, 5.74) is 7.44. The number of nitrogens with one attached hydrogen (secondary N) is 2. The Kier molecular flexibility index (Phi) is 7.47. The molecule has 0 aliphatic carbocycles. The second kappa shape index (κ2) is 10.1. The van der Waals surface area contributed by atoms with Crippen molar-refractivity contribution in [2.45, 2.75) is 6.92 Å². The molecular weight excluding hydrogens is 608 g/mol. The lowest BCUT2D eigenvalue weighted by Gasteiger charge is -2.03. The molecule has 0 spiro atoms. The number of anilines is 5. The van der Waals surface area contributed by atoms with Crippen molar-refractivity contribution in [3.05, 3.63) is 61.5 Å². The number of nitrogens with two attached hydrogens (primary N) is 1. The molecule has 0 saturated carbocycles. The van der Waals surface area contributed by atoms with Crippen LogP contribution < -0.4 is 16.4 Å². The lowest BCUT2D eigenvalue weighted by molar-refractivity contribution is 0.736. The van der Waals surface area contributed by atoms with Crippen molar-refractivity contribution in [3.8, 4) is 0 Å². The lowest BCUT2D eigenvalue weighted by atomic mass is 10.3. The van der Waals surface area contributed by atoms with Gasteiger partial charge in [0.15, 0.2) is 0 Å². The third-order valence-electron chi connectivity index (χ3n) is 3.96. The minimum absolute atomic E-state index is 0.269. The molecule has 0 bridgehead atoms. The lowest BCUT2D eigenvalue weighted by Crippen LogP contribution is -2.00. The van der Waals surface area contributed by atoms with Crippen LogP contribution in [-0.4, -0.2) is 29.5 Å². The van der Waals surface area contributed by atoms with E-state index >= 15 is 0 Å². The molecule has 11 heteroatoms. The quantitative estimate of drug-likeness (QED) is 0.290. The topological polar surface area (TPSA) is 112 Å². The summed E-state index contributed by atoms with van der Waals surface area (Å²) in [6.45, 7) is 1.92. The summed E-state index contributed by atoms with van der Waals surface area (Å²) in [5, 5.41) is 14.4. The first kappa shape index (κ1) is 22.3. The highest BCUT2D eigenvalue weighted by Gasteiger charge is 2.04. The molecule has 4 aromatic rings. The van der Waals surface area contributed by atoms with Crippen molar-refractivity contribution in [1.29, 1.82) is 0 Å². The Morgan fingerprint density at radius 1 is 0.767 bits per heavy atom. The van der Waals surface area contributed by atoms with Crippen molar-refractivity contribution in [1.82, 2.24) is 29.5 Å². The second-order valence-corrected chi connectivity index (χ2v) is 8.78. The van der Waals surface area contributed by atoms with Gasteiger partial charge in [-0.2, -0.15) is 9.97 Å². The fourth-order valence-corrected chi connectivity index (χ4v) is 3.07. The summed E-state index contributed by atoms with van der Waals surface area (Å²) in [7, 11) is 3.67. The van der Waals surface area contributed by atoms with Gasteiger partial charge in [0.05, 0.1) is 0 Å². The van der Waals surface area contributed by atoms with Crippen molar-refractivity contribution in [2.24, 2.45) is 14.1 Å². The molecular formula is C19H21I2N9. The summed E-state index contributed by atoms with van der Waals surface area (Å²) < 4.78 is 5.75. The van der Waals surface area contributed by atoms with Gasteiger partial charge in [-0.15, -0.1) is 10.2 Å². The van der Waals surface area contributed by atoms with E-state index in [9.17, 15) is 0 Å². The molecule has 2 aromatic heterocycles. The molecule has 0 fully saturated rings. The maximum atomic E-state index is 5.47. The van der Waals surface area contributed by atoms with Crippen LogP contribution in [0.2, 0.25) is 0 Å². The number of halogens is 2. The molecule has 4 N–H and O–H groups in total. The summed E-state index contributed by atoms with van der Waals surface area (Å²) in [6.07, 6.45) is 0. The molecule has 0 amide bonds. The number of nitrogen functional groups attached to an aromatic ring is 1. The highest BCUT2D eigenvalue weighted by molar-refractivity contribution is 14.1. The van der Waals surface area contributed by atoms with E-state index in [0.717, 1.165) is 17.2 Å². The molecule has 0 aliphatic heterocycles. The zero-order valence-electron chi connectivity index (χ0n) is 16.6. The standard InChI is InChI=1S/C10H11IN4.C9H10IN5/c1-7-12-10(14-15(7)2)13-9-5-3-8(11)4-6-9;1-15-9(13-8(11)14-15)12-7-4-2-6(10)3-5-7/h3-6H,1-2H3,(H,13,14);2-5H,1H3,(H3,11,12,13,14). The molecule has 0 unspecified atom stereocenters. The predicted octanol–water partition coefficient (Wildman–Crippen LogP) is 4.22. The van der Waals surface area contributed by atoms with Gasteiger partial charge in [-0.1, -0.05) is 0 Å². The fraction of sp³-hybridized carbons (Fsp3) is 0.158. The Hall–Kier alpha value is -2.42. The van der Waals surface area contributed by atoms with Crippen LogP contribution in [0.25, 0.3) is 0 Å². The molecule has 9 nitrogen and oxygen atoms in total. The first-order chi connectivity index (χ1) is 14.3. The van der Waals surface area contributed by atoms with Gasteiger partial charge in [-0.05, 0) is 101 Å². The summed E-state index contributed by atoms with van der Waals surface area (Å²) in [5.74, 6) is 2.43. The SMILES string of the molecule is Cc1nc(Nc2ccc(I)cc2)nn1C.Cn1nc(N)nc1Nc1ccc(I)cc1. The Labute approximate surface area is 201 Å². The highest BCUT2D eigenvalue weighted by atomic mass is 127. The molecule has 0 radical (unpaired) electrons. The van der Waals surface area contributed by atoms with E-state index in [1.807, 2.05) is 62.5 Å². The first-order valence-corrected chi connectivity index (χ1v) is 11.1. The normalized spacial score (nSPS) is 10.3. The van der Waals surface area contributed by atoms with E-state index in [-0.39, 0.29) is 5.95 Å². The Bertz CT molecular complexity index is 1080. The maximum Gasteiger partial charge on any atom is 0.246 e. The number of rotatable bonds is 4. The van der Waals surface area contributed by atoms with Crippen LogP contribution in [0.1, 0.15) is 5.82 Å². The third kappa shape index (κ3) is 6.29. The van der Waals surface area contributed by atoms with E-state index < -0.39 is 0 Å². The molecule has 0 saturated heterocycles. The average Bonchev–Trinajstić information content (AvgIpc) is 3.19. The molecule has 0 atom stereocenters. The number of hydrogen-bond acceptors (Lipinski definition) is 7. The van der Waals surface area contributed by atoms with Crippen molar-refractivity contribution in [3.63, 3.8) is 0 Å². The number of aromatic nitrogens is 6. The van der Waals surface area contributed by atoms with Crippen LogP contribution in [0.15, 0.2) is 48.5 Å². The predicted molar refractivity (Wildman–Crippen MR) is 136 cm³/mol. The Morgan fingerprint density at radius 2 is 1.30 bits per heavy atom. The smallest absolute Gasteiger partial charge is 0.246 e. The minimum Gasteiger partial charge on any atom is -0.366 e. The molecule has 156 valence electrons. The van der Waals surface area contributed by atoms with Crippen molar-refractivity contribution in [2.75, 3.05) is 16.4 Å². The summed E-state index contributed by atoms with van der Waals surface area (Å²) >= 11 is 4.53. The Morgan fingerprint density at radius 3 is 1.73 bits per heavy atom. The number of nitrogens with zero attached hydrogens (tertiary/aromatic N) is 6. The minimum atomic E-state index is 0.269. The molecule has 4 rings (SSSR count). The molecule has 2 heterocycles. The van der Waals surface area contributed by atoms with Gasteiger partial charge in [-0.25, -0.2) is 4.68 Å².